The lowest BCUT2D eigenvalue weighted by Gasteiger charge is -2.03. The predicted molar refractivity (Wildman–Crippen MR) is 50.5 cm³/mol. The zero-order chi connectivity index (χ0) is 10.7. The molecule has 0 saturated carbocycles. The van der Waals surface area contributed by atoms with E-state index < -0.39 is 5.97 Å². The number of hydrogen-bond acceptors (Lipinski definition) is 5. The first-order valence-electron chi connectivity index (χ1n) is 4.29. The lowest BCUT2D eigenvalue weighted by molar-refractivity contribution is -0.143. The standard InChI is InChI=1S/C9H9N3O3/c1-14-9(13)6-15-8-3-5-12-7(11-8)2-4-10-12/h2-5H,6H2,1H3. The van der Waals surface area contributed by atoms with Crippen LogP contribution in [0, 0.1) is 0 Å². The van der Waals surface area contributed by atoms with Gasteiger partial charge in [-0.3, -0.25) is 0 Å². The van der Waals surface area contributed by atoms with Crippen molar-refractivity contribution in [3.8, 4) is 5.88 Å². The van der Waals surface area contributed by atoms with Crippen LogP contribution in [-0.4, -0.2) is 34.3 Å². The zero-order valence-corrected chi connectivity index (χ0v) is 8.08. The third-order valence-electron chi connectivity index (χ3n) is 1.80. The van der Waals surface area contributed by atoms with Crippen molar-refractivity contribution in [2.45, 2.75) is 0 Å². The molecule has 0 atom stereocenters. The average Bonchev–Trinajstić information content (AvgIpc) is 2.72. The van der Waals surface area contributed by atoms with Gasteiger partial charge in [-0.05, 0) is 0 Å². The van der Waals surface area contributed by atoms with Gasteiger partial charge in [0.15, 0.2) is 12.3 Å². The molecule has 0 saturated heterocycles. The molecule has 0 aromatic carbocycles. The van der Waals surface area contributed by atoms with E-state index in [1.54, 1.807) is 29.0 Å². The van der Waals surface area contributed by atoms with Crippen LogP contribution < -0.4 is 4.74 Å². The normalized spacial score (nSPS) is 10.2. The van der Waals surface area contributed by atoms with Crippen molar-refractivity contribution >= 4 is 11.6 Å². The summed E-state index contributed by atoms with van der Waals surface area (Å²) in [4.78, 5) is 14.9. The van der Waals surface area contributed by atoms with Crippen molar-refractivity contribution in [1.29, 1.82) is 0 Å². The number of esters is 1. The van der Waals surface area contributed by atoms with E-state index in [0.29, 0.717) is 11.5 Å². The molecule has 0 unspecified atom stereocenters. The van der Waals surface area contributed by atoms with Crippen molar-refractivity contribution in [3.63, 3.8) is 0 Å². The maximum atomic E-state index is 10.8. The summed E-state index contributed by atoms with van der Waals surface area (Å²) in [6.45, 7) is -0.145. The van der Waals surface area contributed by atoms with Gasteiger partial charge in [-0.1, -0.05) is 0 Å². The molecule has 0 aliphatic carbocycles. The van der Waals surface area contributed by atoms with Crippen LogP contribution in [0.25, 0.3) is 5.65 Å². The van der Waals surface area contributed by atoms with Gasteiger partial charge in [0.25, 0.3) is 0 Å². The second-order valence-electron chi connectivity index (χ2n) is 2.76. The maximum Gasteiger partial charge on any atom is 0.343 e. The van der Waals surface area contributed by atoms with E-state index in [0.717, 1.165) is 0 Å². The van der Waals surface area contributed by atoms with Crippen LogP contribution in [0.4, 0.5) is 0 Å². The number of ether oxygens (including phenoxy) is 2. The SMILES string of the molecule is COC(=O)COc1ccn2nccc2n1. The Morgan fingerprint density at radius 1 is 1.53 bits per heavy atom. The summed E-state index contributed by atoms with van der Waals surface area (Å²) in [5.41, 5.74) is 0.664. The molecule has 6 heteroatoms. The van der Waals surface area contributed by atoms with E-state index in [1.807, 2.05) is 0 Å². The molecule has 2 rings (SSSR count). The van der Waals surface area contributed by atoms with Crippen LogP contribution in [0.3, 0.4) is 0 Å². The van der Waals surface area contributed by atoms with E-state index in [1.165, 1.54) is 7.11 Å². The summed E-state index contributed by atoms with van der Waals surface area (Å²) >= 11 is 0. The molecular formula is C9H9N3O3. The van der Waals surface area contributed by atoms with E-state index in [-0.39, 0.29) is 6.61 Å². The molecule has 0 fully saturated rings. The highest BCUT2D eigenvalue weighted by Crippen LogP contribution is 2.07. The van der Waals surface area contributed by atoms with Gasteiger partial charge in [0.05, 0.1) is 13.3 Å². The van der Waals surface area contributed by atoms with E-state index >= 15 is 0 Å². The monoisotopic (exact) mass is 207 g/mol. The highest BCUT2D eigenvalue weighted by molar-refractivity contribution is 5.70. The number of fused-ring (bicyclic) bond motifs is 1. The number of rotatable bonds is 3. The predicted octanol–water partition coefficient (Wildman–Crippen LogP) is 0.281. The van der Waals surface area contributed by atoms with Gasteiger partial charge in [0.2, 0.25) is 5.88 Å². The summed E-state index contributed by atoms with van der Waals surface area (Å²) in [6.07, 6.45) is 3.33. The minimum atomic E-state index is -0.440. The molecule has 0 amide bonds. The Hall–Kier alpha value is -2.11. The molecule has 6 nitrogen and oxygen atoms in total. The summed E-state index contributed by atoms with van der Waals surface area (Å²) in [5, 5.41) is 3.98. The Bertz CT molecular complexity index is 480. The quantitative estimate of drug-likeness (QED) is 0.676. The van der Waals surface area contributed by atoms with Gasteiger partial charge in [-0.2, -0.15) is 10.1 Å². The topological polar surface area (TPSA) is 65.7 Å². The highest BCUT2D eigenvalue weighted by Gasteiger charge is 2.03. The summed E-state index contributed by atoms with van der Waals surface area (Å²) in [5.74, 6) is -0.0708. The first kappa shape index (κ1) is 9.45. The molecule has 15 heavy (non-hydrogen) atoms. The van der Waals surface area contributed by atoms with Crippen LogP contribution in [0.1, 0.15) is 0 Å². The fourth-order valence-corrected chi connectivity index (χ4v) is 1.07. The lowest BCUT2D eigenvalue weighted by atomic mass is 10.6. The number of carbonyl (C=O) groups is 1. The molecule has 0 bridgehead atoms. The number of carbonyl (C=O) groups excluding carboxylic acids is 1. The third kappa shape index (κ3) is 2.04. The van der Waals surface area contributed by atoms with Gasteiger partial charge in [0, 0.05) is 18.3 Å². The van der Waals surface area contributed by atoms with Crippen LogP contribution in [0.5, 0.6) is 5.88 Å². The molecule has 0 aliphatic heterocycles. The Labute approximate surface area is 85.4 Å². The lowest BCUT2D eigenvalue weighted by Crippen LogP contribution is -2.13. The molecule has 0 N–H and O–H groups in total. The Kier molecular flexibility index (Phi) is 2.49. The van der Waals surface area contributed by atoms with Crippen molar-refractivity contribution in [1.82, 2.24) is 14.6 Å². The zero-order valence-electron chi connectivity index (χ0n) is 8.08. The van der Waals surface area contributed by atoms with Crippen molar-refractivity contribution in [2.24, 2.45) is 0 Å². The average molecular weight is 207 g/mol. The minimum absolute atomic E-state index is 0.145. The van der Waals surface area contributed by atoms with Gasteiger partial charge in [-0.25, -0.2) is 9.31 Å². The molecule has 2 heterocycles. The smallest absolute Gasteiger partial charge is 0.343 e. The number of aromatic nitrogens is 3. The molecule has 0 radical (unpaired) electrons. The van der Waals surface area contributed by atoms with Gasteiger partial charge in [-0.15, -0.1) is 0 Å². The second kappa shape index (κ2) is 3.95. The van der Waals surface area contributed by atoms with Gasteiger partial charge >= 0.3 is 5.97 Å². The van der Waals surface area contributed by atoms with Crippen LogP contribution in [0.2, 0.25) is 0 Å². The third-order valence-corrected chi connectivity index (χ3v) is 1.80. The first-order chi connectivity index (χ1) is 7.29. The van der Waals surface area contributed by atoms with Gasteiger partial charge < -0.3 is 9.47 Å². The number of nitrogens with zero attached hydrogens (tertiary/aromatic N) is 3. The minimum Gasteiger partial charge on any atom is -0.466 e. The summed E-state index contributed by atoms with van der Waals surface area (Å²) < 4.78 is 11.1. The van der Waals surface area contributed by atoms with Crippen molar-refractivity contribution < 1.29 is 14.3 Å². The largest absolute Gasteiger partial charge is 0.466 e. The summed E-state index contributed by atoms with van der Waals surface area (Å²) in [6, 6.07) is 3.37. The second-order valence-corrected chi connectivity index (χ2v) is 2.76. The van der Waals surface area contributed by atoms with E-state index in [2.05, 4.69) is 14.8 Å². The number of methoxy groups -OCH3 is 1. The molecule has 2 aromatic rings. The maximum absolute atomic E-state index is 10.8. The Balaban J connectivity index is 2.11. The highest BCUT2D eigenvalue weighted by atomic mass is 16.6. The summed E-state index contributed by atoms with van der Waals surface area (Å²) in [7, 11) is 1.30. The van der Waals surface area contributed by atoms with Crippen molar-refractivity contribution in [2.75, 3.05) is 13.7 Å². The van der Waals surface area contributed by atoms with E-state index in [4.69, 9.17) is 4.74 Å². The number of hydrogen-bond donors (Lipinski definition) is 0. The molecule has 2 aromatic heterocycles. The van der Waals surface area contributed by atoms with Crippen LogP contribution in [-0.2, 0) is 9.53 Å². The molecule has 0 spiro atoms. The Morgan fingerprint density at radius 2 is 2.40 bits per heavy atom. The molecule has 78 valence electrons. The van der Waals surface area contributed by atoms with Crippen LogP contribution >= 0.6 is 0 Å². The fraction of sp³-hybridized carbons (Fsp3) is 0.222. The molecule has 0 aliphatic rings. The fourth-order valence-electron chi connectivity index (χ4n) is 1.07. The van der Waals surface area contributed by atoms with E-state index in [9.17, 15) is 4.79 Å². The first-order valence-corrected chi connectivity index (χ1v) is 4.29. The Morgan fingerprint density at radius 3 is 3.20 bits per heavy atom. The van der Waals surface area contributed by atoms with Crippen LogP contribution in [0.15, 0.2) is 24.5 Å². The van der Waals surface area contributed by atoms with Crippen molar-refractivity contribution in [3.05, 3.63) is 24.5 Å². The molecular weight excluding hydrogens is 198 g/mol. The van der Waals surface area contributed by atoms with Gasteiger partial charge in [0.1, 0.15) is 0 Å².